The standard InChI is InChI=1S/C16H14NO.3C4H9.Sn/c18-16-10-5-11-17(16)15-9-4-8-14(12-15)13-6-2-1-3-7-13;3*1-3-4-2;/h1-3,6-9,12H,5,10-11H2;3*1,3-4H2,2H3;. The average Bonchev–Trinajstić information content (AvgIpc) is 3.25. The van der Waals surface area contributed by atoms with E-state index in [1.54, 1.807) is 3.58 Å². The molecule has 0 N–H and O–H groups in total. The van der Waals surface area contributed by atoms with Gasteiger partial charge in [-0.3, -0.25) is 0 Å². The van der Waals surface area contributed by atoms with Gasteiger partial charge in [-0.2, -0.15) is 0 Å². The van der Waals surface area contributed by atoms with Crippen LogP contribution in [0.2, 0.25) is 13.3 Å². The second-order valence-corrected chi connectivity index (χ2v) is 22.6. The summed E-state index contributed by atoms with van der Waals surface area (Å²) in [6.45, 7) is 7.89. The van der Waals surface area contributed by atoms with Gasteiger partial charge in [0.2, 0.25) is 0 Å². The van der Waals surface area contributed by atoms with Crippen LogP contribution in [0.25, 0.3) is 11.1 Å². The molecule has 1 saturated heterocycles. The molecule has 1 aliphatic rings. The van der Waals surface area contributed by atoms with Crippen LogP contribution < -0.4 is 8.48 Å². The number of hydrogen-bond donors (Lipinski definition) is 0. The van der Waals surface area contributed by atoms with Crippen LogP contribution in [0.1, 0.15) is 72.1 Å². The van der Waals surface area contributed by atoms with Crippen molar-refractivity contribution in [3.63, 3.8) is 0 Å². The molecule has 0 aromatic heterocycles. The second-order valence-electron chi connectivity index (χ2n) is 9.37. The summed E-state index contributed by atoms with van der Waals surface area (Å²) in [5.41, 5.74) is 3.74. The summed E-state index contributed by atoms with van der Waals surface area (Å²) in [4.78, 5) is 14.7. The molecule has 1 aliphatic heterocycles. The Morgan fingerprint density at radius 3 is 1.94 bits per heavy atom. The second kappa shape index (κ2) is 12.1. The number of carbonyl (C=O) groups is 1. The molecule has 0 unspecified atom stereocenters. The van der Waals surface area contributed by atoms with Crippen LogP contribution in [0.3, 0.4) is 0 Å². The number of amides is 1. The number of anilines is 1. The fraction of sp³-hybridized carbons (Fsp3) is 0.536. The van der Waals surface area contributed by atoms with E-state index in [-0.39, 0.29) is 0 Å². The third kappa shape index (κ3) is 6.15. The molecule has 0 radical (unpaired) electrons. The molecule has 1 amide bonds. The summed E-state index contributed by atoms with van der Waals surface area (Å²) in [6, 6.07) is 18.1. The molecule has 2 aromatic rings. The normalized spacial score (nSPS) is 14.4. The third-order valence-electron chi connectivity index (χ3n) is 7.05. The van der Waals surface area contributed by atoms with E-state index in [0.29, 0.717) is 12.3 Å². The van der Waals surface area contributed by atoms with E-state index >= 15 is 0 Å². The fourth-order valence-corrected chi connectivity index (χ4v) is 21.2. The van der Waals surface area contributed by atoms with Gasteiger partial charge in [0, 0.05) is 0 Å². The van der Waals surface area contributed by atoms with E-state index in [9.17, 15) is 4.79 Å². The number of hydrogen-bond acceptors (Lipinski definition) is 1. The molecule has 3 heteroatoms. The van der Waals surface area contributed by atoms with Crippen LogP contribution in [-0.4, -0.2) is 30.8 Å². The Labute approximate surface area is 194 Å². The van der Waals surface area contributed by atoms with Crippen molar-refractivity contribution in [2.75, 3.05) is 11.4 Å². The topological polar surface area (TPSA) is 20.3 Å². The molecule has 31 heavy (non-hydrogen) atoms. The van der Waals surface area contributed by atoms with Crippen molar-refractivity contribution in [3.8, 4) is 11.1 Å². The van der Waals surface area contributed by atoms with E-state index in [4.69, 9.17) is 0 Å². The molecule has 3 rings (SSSR count). The minimum absolute atomic E-state index is 0.299. The fourth-order valence-electron chi connectivity index (χ4n) is 5.15. The monoisotopic (exact) mass is 527 g/mol. The molecule has 0 spiro atoms. The summed E-state index contributed by atoms with van der Waals surface area (Å²) < 4.78 is 6.03. The maximum atomic E-state index is 12.6. The van der Waals surface area contributed by atoms with E-state index in [1.165, 1.54) is 63.0 Å². The predicted molar refractivity (Wildman–Crippen MR) is 138 cm³/mol. The van der Waals surface area contributed by atoms with Crippen LogP contribution in [0, 0.1) is 0 Å². The van der Waals surface area contributed by atoms with Crippen LogP contribution in [-0.2, 0) is 4.79 Å². The van der Waals surface area contributed by atoms with Crippen molar-refractivity contribution < 1.29 is 4.79 Å². The molecule has 0 bridgehead atoms. The van der Waals surface area contributed by atoms with Crippen molar-refractivity contribution in [2.45, 2.75) is 85.4 Å². The Morgan fingerprint density at radius 1 is 0.806 bits per heavy atom. The number of carbonyl (C=O) groups excluding carboxylic acids is 1. The molecule has 0 saturated carbocycles. The van der Waals surface area contributed by atoms with Crippen molar-refractivity contribution in [1.82, 2.24) is 0 Å². The molecular weight excluding hydrogens is 485 g/mol. The van der Waals surface area contributed by atoms with Crippen molar-refractivity contribution >= 4 is 33.6 Å². The summed E-state index contributed by atoms with van der Waals surface area (Å²) in [6.07, 6.45) is 9.61. The quantitative estimate of drug-likeness (QED) is 0.262. The number of rotatable bonds is 12. The zero-order valence-corrected chi connectivity index (χ0v) is 22.8. The van der Waals surface area contributed by atoms with Gasteiger partial charge in [0.25, 0.3) is 0 Å². The first kappa shape index (κ1) is 24.4. The van der Waals surface area contributed by atoms with Gasteiger partial charge >= 0.3 is 195 Å². The summed E-state index contributed by atoms with van der Waals surface area (Å²) in [5.74, 6) is 0.299. The third-order valence-corrected chi connectivity index (χ3v) is 22.6. The van der Waals surface area contributed by atoms with Crippen molar-refractivity contribution in [2.24, 2.45) is 0 Å². The van der Waals surface area contributed by atoms with Gasteiger partial charge in [-0.05, 0) is 0 Å². The number of benzene rings is 2. The first-order valence-electron chi connectivity index (χ1n) is 12.6. The molecule has 168 valence electrons. The zero-order chi connectivity index (χ0) is 22.1. The van der Waals surface area contributed by atoms with Crippen LogP contribution in [0.15, 0.2) is 48.5 Å². The number of nitrogens with zero attached hydrogens (tertiary/aromatic N) is 1. The van der Waals surface area contributed by atoms with Crippen LogP contribution in [0.4, 0.5) is 5.69 Å². The van der Waals surface area contributed by atoms with Crippen molar-refractivity contribution in [3.05, 3.63) is 48.5 Å². The van der Waals surface area contributed by atoms with Gasteiger partial charge in [-0.1, -0.05) is 0 Å². The Hall–Kier alpha value is -1.29. The molecule has 2 nitrogen and oxygen atoms in total. The minimum atomic E-state index is -2.59. The van der Waals surface area contributed by atoms with Gasteiger partial charge in [-0.25, -0.2) is 0 Å². The first-order valence-corrected chi connectivity index (χ1v) is 20.1. The van der Waals surface area contributed by atoms with Crippen LogP contribution in [0.5, 0.6) is 0 Å². The Bertz CT molecular complexity index is 810. The van der Waals surface area contributed by atoms with E-state index in [0.717, 1.165) is 18.7 Å². The molecular formula is C28H41NOSn. The SMILES string of the molecule is CCC[CH2][Sn]([CH2]CCC)([CH2]CCC)[c]1cc(-c2ccccc2)cc(N2CCCC2=O)c1. The van der Waals surface area contributed by atoms with Gasteiger partial charge in [0.15, 0.2) is 0 Å². The Kier molecular flexibility index (Phi) is 9.49. The van der Waals surface area contributed by atoms with E-state index in [1.807, 2.05) is 0 Å². The summed E-state index contributed by atoms with van der Waals surface area (Å²) in [5, 5.41) is 0. The van der Waals surface area contributed by atoms with E-state index < -0.39 is 18.4 Å². The summed E-state index contributed by atoms with van der Waals surface area (Å²) >= 11 is -2.59. The molecule has 0 aliphatic carbocycles. The molecule has 0 atom stereocenters. The maximum absolute atomic E-state index is 12.6. The van der Waals surface area contributed by atoms with Crippen molar-refractivity contribution in [1.29, 1.82) is 0 Å². The predicted octanol–water partition coefficient (Wildman–Crippen LogP) is 7.54. The average molecular weight is 526 g/mol. The molecule has 2 aromatic carbocycles. The van der Waals surface area contributed by atoms with Gasteiger partial charge < -0.3 is 0 Å². The van der Waals surface area contributed by atoms with Crippen LogP contribution >= 0.6 is 0 Å². The Balaban J connectivity index is 2.14. The van der Waals surface area contributed by atoms with Gasteiger partial charge in [-0.15, -0.1) is 0 Å². The van der Waals surface area contributed by atoms with E-state index in [2.05, 4.69) is 74.2 Å². The Morgan fingerprint density at radius 2 is 1.42 bits per heavy atom. The van der Waals surface area contributed by atoms with Gasteiger partial charge in [0.05, 0.1) is 0 Å². The molecule has 1 heterocycles. The first-order chi connectivity index (χ1) is 15.1. The summed E-state index contributed by atoms with van der Waals surface area (Å²) in [7, 11) is 0. The molecule has 1 fully saturated rings. The van der Waals surface area contributed by atoms with Gasteiger partial charge in [0.1, 0.15) is 0 Å². The zero-order valence-electron chi connectivity index (χ0n) is 20.0. The number of unbranched alkanes of at least 4 members (excludes halogenated alkanes) is 3.